The number of rotatable bonds is 5. The third-order valence-electron chi connectivity index (χ3n) is 3.58. The van der Waals surface area contributed by atoms with Gasteiger partial charge in [-0.1, -0.05) is 43.7 Å². The van der Waals surface area contributed by atoms with Gasteiger partial charge in [-0.3, -0.25) is 0 Å². The molecule has 0 saturated heterocycles. The zero-order valence-electron chi connectivity index (χ0n) is 12.9. The summed E-state index contributed by atoms with van der Waals surface area (Å²) in [5.41, 5.74) is 12.5. The van der Waals surface area contributed by atoms with E-state index in [0.717, 1.165) is 24.2 Å². The number of imidazole rings is 1. The normalized spacial score (nSPS) is 12.2. The first-order valence-corrected chi connectivity index (χ1v) is 7.54. The van der Waals surface area contributed by atoms with E-state index in [0.29, 0.717) is 5.82 Å². The molecule has 3 rings (SSSR count). The molecule has 0 bridgehead atoms. The second kappa shape index (κ2) is 6.43. The minimum atomic E-state index is -0.0923. The summed E-state index contributed by atoms with van der Waals surface area (Å²) in [4.78, 5) is 16.9. The average Bonchev–Trinajstić information content (AvgIpc) is 3.01. The highest BCUT2D eigenvalue weighted by Gasteiger charge is 2.20. The van der Waals surface area contributed by atoms with E-state index in [4.69, 9.17) is 11.5 Å². The minimum Gasteiger partial charge on any atom is -0.368 e. The summed E-state index contributed by atoms with van der Waals surface area (Å²) in [7, 11) is 0. The van der Waals surface area contributed by atoms with Crippen molar-refractivity contribution in [1.29, 1.82) is 0 Å². The number of nitrogens with zero attached hydrogens (tertiary/aromatic N) is 5. The third kappa shape index (κ3) is 3.13. The summed E-state index contributed by atoms with van der Waals surface area (Å²) in [5.74, 6) is 1.69. The predicted octanol–water partition coefficient (Wildman–Crippen LogP) is 2.29. The molecule has 0 aliphatic rings. The number of hydrogen-bond acceptors (Lipinski definition) is 6. The fourth-order valence-corrected chi connectivity index (χ4v) is 2.62. The summed E-state index contributed by atoms with van der Waals surface area (Å²) < 4.78 is 2.06. The molecule has 1 aromatic carbocycles. The maximum Gasteiger partial charge on any atom is 0.225 e. The Balaban J connectivity index is 2.08. The Bertz CT molecular complexity index is 762. The number of anilines is 2. The molecule has 1 atom stereocenters. The van der Waals surface area contributed by atoms with Crippen LogP contribution in [0.15, 0.2) is 42.7 Å². The third-order valence-corrected chi connectivity index (χ3v) is 3.58. The van der Waals surface area contributed by atoms with Crippen LogP contribution in [0, 0.1) is 0 Å². The van der Waals surface area contributed by atoms with Crippen molar-refractivity contribution in [3.05, 3.63) is 48.5 Å². The van der Waals surface area contributed by atoms with Crippen LogP contribution in [0.5, 0.6) is 0 Å². The lowest BCUT2D eigenvalue weighted by Crippen LogP contribution is -2.17. The number of nitrogens with two attached hydrogens (primary N) is 2. The fraction of sp³-hybridized carbons (Fsp3) is 0.250. The number of nitrogen functional groups attached to an aromatic ring is 2. The maximum absolute atomic E-state index is 5.73. The van der Waals surface area contributed by atoms with Gasteiger partial charge in [0.25, 0.3) is 0 Å². The van der Waals surface area contributed by atoms with Gasteiger partial charge in [0.05, 0.1) is 6.04 Å². The molecule has 0 spiro atoms. The molecule has 0 saturated carbocycles. The summed E-state index contributed by atoms with van der Waals surface area (Å²) >= 11 is 0. The molecule has 3 aromatic rings. The van der Waals surface area contributed by atoms with Gasteiger partial charge in [-0.15, -0.1) is 0 Å². The van der Waals surface area contributed by atoms with Crippen molar-refractivity contribution >= 4 is 11.9 Å². The van der Waals surface area contributed by atoms with E-state index in [1.54, 1.807) is 6.20 Å². The second-order valence-corrected chi connectivity index (χ2v) is 5.24. The molecule has 2 heterocycles. The molecular formula is C16H19N7. The highest BCUT2D eigenvalue weighted by Crippen LogP contribution is 2.27. The van der Waals surface area contributed by atoms with Crippen LogP contribution >= 0.6 is 0 Å². The fourth-order valence-electron chi connectivity index (χ4n) is 2.62. The molecular weight excluding hydrogens is 290 g/mol. The Kier molecular flexibility index (Phi) is 4.18. The van der Waals surface area contributed by atoms with Crippen molar-refractivity contribution < 1.29 is 0 Å². The van der Waals surface area contributed by atoms with E-state index in [1.807, 2.05) is 36.5 Å². The molecule has 0 aliphatic carbocycles. The predicted molar refractivity (Wildman–Crippen MR) is 89.4 cm³/mol. The Morgan fingerprint density at radius 3 is 2.39 bits per heavy atom. The van der Waals surface area contributed by atoms with Crippen molar-refractivity contribution in [2.45, 2.75) is 25.8 Å². The van der Waals surface area contributed by atoms with E-state index in [2.05, 4.69) is 31.4 Å². The monoisotopic (exact) mass is 309 g/mol. The lowest BCUT2D eigenvalue weighted by Gasteiger charge is -2.19. The van der Waals surface area contributed by atoms with Gasteiger partial charge in [0, 0.05) is 18.0 Å². The van der Waals surface area contributed by atoms with Crippen molar-refractivity contribution in [3.8, 4) is 11.4 Å². The minimum absolute atomic E-state index is 0.0923. The van der Waals surface area contributed by atoms with Gasteiger partial charge in [-0.05, 0) is 6.42 Å². The highest BCUT2D eigenvalue weighted by atomic mass is 15.2. The molecule has 7 nitrogen and oxygen atoms in total. The van der Waals surface area contributed by atoms with E-state index in [1.165, 1.54) is 0 Å². The molecule has 0 fully saturated rings. The molecule has 118 valence electrons. The van der Waals surface area contributed by atoms with Crippen molar-refractivity contribution in [3.63, 3.8) is 0 Å². The zero-order valence-corrected chi connectivity index (χ0v) is 12.9. The van der Waals surface area contributed by atoms with Gasteiger partial charge < -0.3 is 16.0 Å². The van der Waals surface area contributed by atoms with Gasteiger partial charge in [0.1, 0.15) is 5.82 Å². The first-order valence-electron chi connectivity index (χ1n) is 7.54. The van der Waals surface area contributed by atoms with E-state index < -0.39 is 0 Å². The average molecular weight is 309 g/mol. The van der Waals surface area contributed by atoms with Crippen LogP contribution in [0.1, 0.15) is 31.6 Å². The second-order valence-electron chi connectivity index (χ2n) is 5.24. The van der Waals surface area contributed by atoms with Gasteiger partial charge >= 0.3 is 0 Å². The highest BCUT2D eigenvalue weighted by molar-refractivity contribution is 5.55. The Labute approximate surface area is 134 Å². The summed E-state index contributed by atoms with van der Waals surface area (Å²) in [6.45, 7) is 2.11. The first kappa shape index (κ1) is 15.0. The lowest BCUT2D eigenvalue weighted by atomic mass is 10.1. The molecule has 1 unspecified atom stereocenters. The number of benzene rings is 1. The Morgan fingerprint density at radius 2 is 1.74 bits per heavy atom. The summed E-state index contributed by atoms with van der Waals surface area (Å²) in [6.07, 6.45) is 5.51. The van der Waals surface area contributed by atoms with Crippen LogP contribution in [-0.2, 0) is 0 Å². The Morgan fingerprint density at radius 1 is 1.04 bits per heavy atom. The maximum atomic E-state index is 5.73. The quantitative estimate of drug-likeness (QED) is 0.748. The van der Waals surface area contributed by atoms with Crippen LogP contribution in [0.25, 0.3) is 11.4 Å². The zero-order chi connectivity index (χ0) is 16.2. The Hall–Kier alpha value is -2.96. The standard InChI is InChI=1S/C16H19N7/c1-2-6-12(13-20-15(17)22-16(18)21-13)23-10-9-19-14(23)11-7-4-3-5-8-11/h3-5,7-10,12H,2,6H2,1H3,(H4,17,18,20,21,22). The van der Waals surface area contributed by atoms with E-state index in [9.17, 15) is 0 Å². The van der Waals surface area contributed by atoms with Gasteiger partial charge in [-0.25, -0.2) is 4.98 Å². The van der Waals surface area contributed by atoms with Crippen molar-refractivity contribution in [2.24, 2.45) is 0 Å². The molecule has 2 aromatic heterocycles. The number of aromatic nitrogens is 5. The van der Waals surface area contributed by atoms with Crippen LogP contribution in [0.3, 0.4) is 0 Å². The molecule has 23 heavy (non-hydrogen) atoms. The largest absolute Gasteiger partial charge is 0.368 e. The molecule has 4 N–H and O–H groups in total. The van der Waals surface area contributed by atoms with E-state index >= 15 is 0 Å². The van der Waals surface area contributed by atoms with Crippen molar-refractivity contribution in [2.75, 3.05) is 11.5 Å². The molecule has 0 radical (unpaired) electrons. The SMILES string of the molecule is CCCC(c1nc(N)nc(N)n1)n1ccnc1-c1ccccc1. The van der Waals surface area contributed by atoms with Gasteiger partial charge in [0.2, 0.25) is 11.9 Å². The van der Waals surface area contributed by atoms with Gasteiger partial charge in [-0.2, -0.15) is 15.0 Å². The van der Waals surface area contributed by atoms with Crippen LogP contribution in [-0.4, -0.2) is 24.5 Å². The lowest BCUT2D eigenvalue weighted by molar-refractivity contribution is 0.510. The van der Waals surface area contributed by atoms with E-state index in [-0.39, 0.29) is 17.9 Å². The van der Waals surface area contributed by atoms with Crippen molar-refractivity contribution in [1.82, 2.24) is 24.5 Å². The molecule has 7 heteroatoms. The summed E-state index contributed by atoms with van der Waals surface area (Å²) in [6, 6.07) is 9.92. The smallest absolute Gasteiger partial charge is 0.225 e. The summed E-state index contributed by atoms with van der Waals surface area (Å²) in [5, 5.41) is 0. The first-order chi connectivity index (χ1) is 11.2. The molecule has 0 aliphatic heterocycles. The van der Waals surface area contributed by atoms with Crippen LogP contribution in [0.4, 0.5) is 11.9 Å². The van der Waals surface area contributed by atoms with Crippen LogP contribution in [0.2, 0.25) is 0 Å². The number of hydrogen-bond donors (Lipinski definition) is 2. The van der Waals surface area contributed by atoms with Crippen LogP contribution < -0.4 is 11.5 Å². The topological polar surface area (TPSA) is 109 Å². The van der Waals surface area contributed by atoms with Gasteiger partial charge in [0.15, 0.2) is 5.82 Å². The molecule has 0 amide bonds.